The van der Waals surface area contributed by atoms with Crippen LogP contribution in [0, 0.1) is 31.4 Å². The Morgan fingerprint density at radius 2 is 1.46 bits per heavy atom. The fourth-order valence-corrected chi connectivity index (χ4v) is 4.50. The molecule has 46 heavy (non-hydrogen) atoms. The van der Waals surface area contributed by atoms with Crippen LogP contribution in [0.4, 0.5) is 14.6 Å². The largest absolute Gasteiger partial charge is 0.313 e. The minimum absolute atomic E-state index is 0.176. The van der Waals surface area contributed by atoms with Crippen LogP contribution < -0.4 is 10.6 Å². The van der Waals surface area contributed by atoms with Gasteiger partial charge < -0.3 is 15.5 Å². The zero-order valence-electron chi connectivity index (χ0n) is 30.2. The molecule has 2 N–H and O–H groups in total. The topological polar surface area (TPSA) is 70.2 Å². The summed E-state index contributed by atoms with van der Waals surface area (Å²) in [5.74, 6) is -0.0969. The van der Waals surface area contributed by atoms with Gasteiger partial charge in [-0.05, 0) is 87.8 Å². The highest BCUT2D eigenvalue weighted by Gasteiger charge is 2.17. The molecule has 1 aromatic heterocycles. The number of carbonyl (C=O) groups excluding carboxylic acids is 1. The highest BCUT2D eigenvalue weighted by atomic mass is 19.1. The number of carbonyl (C=O) groups is 1. The summed E-state index contributed by atoms with van der Waals surface area (Å²) in [7, 11) is 0. The van der Waals surface area contributed by atoms with Crippen LogP contribution in [0.3, 0.4) is 0 Å². The molecule has 0 aliphatic heterocycles. The third kappa shape index (κ3) is 14.3. The van der Waals surface area contributed by atoms with Crippen molar-refractivity contribution in [2.24, 2.45) is 5.92 Å². The van der Waals surface area contributed by atoms with Crippen molar-refractivity contribution in [1.82, 2.24) is 20.2 Å². The van der Waals surface area contributed by atoms with Gasteiger partial charge in [0.2, 0.25) is 6.41 Å². The standard InChI is InChI=1S/C26H28F2N4O.C8H19N.2C2H6/c1-16(2)13-29-14-19-7-5-8-20(17(19)3)25-22(26(30-15-33)32-18(4)31-25)12-11-21-23(27)9-6-10-24(21)28;1-4-7-8-9(5-2)6-3;2*1-2/h5-12,15-16,29H,13-14H2,1-4H3,(H,30,31,32,33);4-8H2,1-3H3;2*1-2H3/b12-11-;;;. The number of amides is 1. The number of nitrogens with zero attached hydrogens (tertiary/aromatic N) is 3. The van der Waals surface area contributed by atoms with Crippen molar-refractivity contribution in [2.45, 2.75) is 95.5 Å². The zero-order valence-corrected chi connectivity index (χ0v) is 30.2. The molecule has 0 aliphatic rings. The van der Waals surface area contributed by atoms with E-state index in [2.05, 4.69) is 66.2 Å². The normalized spacial score (nSPS) is 10.5. The van der Waals surface area contributed by atoms with Crippen LogP contribution in [-0.2, 0) is 11.3 Å². The SMILES string of the molecule is CC.CC.CCCCN(CC)CC.Cc1nc(NC=O)c(/C=C\c2c(F)cccc2F)c(-c2cccc(CNCC(C)C)c2C)n1. The van der Waals surface area contributed by atoms with Gasteiger partial charge in [0.15, 0.2) is 0 Å². The van der Waals surface area contributed by atoms with Gasteiger partial charge in [0.25, 0.3) is 0 Å². The lowest BCUT2D eigenvalue weighted by molar-refractivity contribution is -0.105. The predicted molar refractivity (Wildman–Crippen MR) is 194 cm³/mol. The molecule has 1 heterocycles. The summed E-state index contributed by atoms with van der Waals surface area (Å²) in [6, 6.07) is 9.63. The molecule has 3 rings (SSSR count). The van der Waals surface area contributed by atoms with E-state index in [9.17, 15) is 13.6 Å². The Kier molecular flexibility index (Phi) is 22.8. The molecule has 0 saturated carbocycles. The zero-order chi connectivity index (χ0) is 35.1. The maximum atomic E-state index is 14.2. The van der Waals surface area contributed by atoms with Crippen molar-refractivity contribution in [1.29, 1.82) is 0 Å². The number of aryl methyl sites for hydroxylation is 1. The van der Waals surface area contributed by atoms with Gasteiger partial charge in [0.1, 0.15) is 23.3 Å². The van der Waals surface area contributed by atoms with E-state index in [0.29, 0.717) is 36.0 Å². The molecule has 8 heteroatoms. The van der Waals surface area contributed by atoms with E-state index in [0.717, 1.165) is 23.2 Å². The number of halogens is 2. The van der Waals surface area contributed by atoms with Crippen molar-refractivity contribution in [3.05, 3.63) is 76.1 Å². The number of unbranched alkanes of at least 4 members (excludes halogenated alkanes) is 1. The molecule has 0 atom stereocenters. The number of aromatic nitrogens is 2. The van der Waals surface area contributed by atoms with Gasteiger partial charge in [-0.25, -0.2) is 18.7 Å². The van der Waals surface area contributed by atoms with Gasteiger partial charge in [0, 0.05) is 23.2 Å². The summed E-state index contributed by atoms with van der Waals surface area (Å²) in [6.45, 7) is 28.0. The average molecular weight is 640 g/mol. The van der Waals surface area contributed by atoms with Gasteiger partial charge >= 0.3 is 0 Å². The van der Waals surface area contributed by atoms with Gasteiger partial charge in [-0.3, -0.25) is 4.79 Å². The number of hydrogen-bond acceptors (Lipinski definition) is 5. The highest BCUT2D eigenvalue weighted by molar-refractivity contribution is 5.88. The van der Waals surface area contributed by atoms with E-state index in [1.165, 1.54) is 62.8 Å². The van der Waals surface area contributed by atoms with Crippen molar-refractivity contribution in [3.8, 4) is 11.3 Å². The van der Waals surface area contributed by atoms with E-state index >= 15 is 0 Å². The maximum absolute atomic E-state index is 14.2. The van der Waals surface area contributed by atoms with E-state index in [4.69, 9.17) is 0 Å². The Morgan fingerprint density at radius 1 is 0.870 bits per heavy atom. The van der Waals surface area contributed by atoms with Gasteiger partial charge in [-0.15, -0.1) is 0 Å². The Hall–Kier alpha value is -3.49. The lowest BCUT2D eigenvalue weighted by Gasteiger charge is -2.16. The molecule has 0 aliphatic carbocycles. The highest BCUT2D eigenvalue weighted by Crippen LogP contribution is 2.32. The Morgan fingerprint density at radius 3 is 2.00 bits per heavy atom. The van der Waals surface area contributed by atoms with E-state index in [-0.39, 0.29) is 11.4 Å². The molecule has 0 fully saturated rings. The molecule has 0 spiro atoms. The number of anilines is 1. The molecule has 0 saturated heterocycles. The maximum Gasteiger partial charge on any atom is 0.212 e. The van der Waals surface area contributed by atoms with Crippen molar-refractivity contribution < 1.29 is 13.6 Å². The minimum atomic E-state index is -0.680. The first-order chi connectivity index (χ1) is 22.2. The predicted octanol–water partition coefficient (Wildman–Crippen LogP) is 9.70. The van der Waals surface area contributed by atoms with E-state index in [1.54, 1.807) is 6.92 Å². The Labute approximate surface area is 278 Å². The van der Waals surface area contributed by atoms with Gasteiger partial charge in [-0.2, -0.15) is 0 Å². The summed E-state index contributed by atoms with van der Waals surface area (Å²) in [6.07, 6.45) is 6.05. The van der Waals surface area contributed by atoms with Crippen LogP contribution in [-0.4, -0.2) is 47.5 Å². The second-order valence-electron chi connectivity index (χ2n) is 10.6. The molecule has 0 unspecified atom stereocenters. The first-order valence-electron chi connectivity index (χ1n) is 16.9. The molecular formula is C38H59F2N5O. The number of nitrogens with one attached hydrogen (secondary N) is 2. The minimum Gasteiger partial charge on any atom is -0.313 e. The fraction of sp³-hybridized carbons (Fsp3) is 0.500. The quantitative estimate of drug-likeness (QED) is 0.172. The number of rotatable bonds is 14. The van der Waals surface area contributed by atoms with Crippen LogP contribution in [0.25, 0.3) is 23.4 Å². The average Bonchev–Trinajstić information content (AvgIpc) is 3.05. The van der Waals surface area contributed by atoms with Crippen molar-refractivity contribution in [3.63, 3.8) is 0 Å². The lowest BCUT2D eigenvalue weighted by atomic mass is 9.96. The third-order valence-electron chi connectivity index (χ3n) is 6.96. The molecule has 0 bridgehead atoms. The Bertz CT molecular complexity index is 1290. The summed E-state index contributed by atoms with van der Waals surface area (Å²) < 4.78 is 28.4. The second kappa shape index (κ2) is 24.7. The second-order valence-corrected chi connectivity index (χ2v) is 10.6. The summed E-state index contributed by atoms with van der Waals surface area (Å²) >= 11 is 0. The third-order valence-corrected chi connectivity index (χ3v) is 6.96. The molecule has 0 radical (unpaired) electrons. The first kappa shape index (κ1) is 42.5. The van der Waals surface area contributed by atoms with Crippen LogP contribution in [0.1, 0.15) is 103 Å². The monoisotopic (exact) mass is 639 g/mol. The van der Waals surface area contributed by atoms with Crippen LogP contribution in [0.15, 0.2) is 36.4 Å². The molecule has 2 aromatic carbocycles. The summed E-state index contributed by atoms with van der Waals surface area (Å²) in [4.78, 5) is 22.7. The fourth-order valence-electron chi connectivity index (χ4n) is 4.50. The first-order valence-corrected chi connectivity index (χ1v) is 16.9. The summed E-state index contributed by atoms with van der Waals surface area (Å²) in [5.41, 5.74) is 3.85. The lowest BCUT2D eigenvalue weighted by Crippen LogP contribution is -2.23. The Balaban J connectivity index is 0.00000133. The number of benzene rings is 2. The summed E-state index contributed by atoms with van der Waals surface area (Å²) in [5, 5.41) is 6.04. The molecular weight excluding hydrogens is 580 g/mol. The molecule has 1 amide bonds. The van der Waals surface area contributed by atoms with E-state index in [1.807, 2.05) is 46.8 Å². The smallest absolute Gasteiger partial charge is 0.212 e. The molecule has 3 aromatic rings. The molecule has 6 nitrogen and oxygen atoms in total. The van der Waals surface area contributed by atoms with Crippen molar-refractivity contribution >= 4 is 24.4 Å². The van der Waals surface area contributed by atoms with Crippen LogP contribution in [0.2, 0.25) is 0 Å². The van der Waals surface area contributed by atoms with Gasteiger partial charge in [0.05, 0.1) is 5.69 Å². The van der Waals surface area contributed by atoms with Gasteiger partial charge in [-0.1, -0.05) is 93.0 Å². The molecule has 256 valence electrons. The van der Waals surface area contributed by atoms with E-state index < -0.39 is 11.6 Å². The number of hydrogen-bond donors (Lipinski definition) is 2. The van der Waals surface area contributed by atoms with Crippen molar-refractivity contribution in [2.75, 3.05) is 31.5 Å². The van der Waals surface area contributed by atoms with Crippen LogP contribution >= 0.6 is 0 Å². The van der Waals surface area contributed by atoms with Crippen LogP contribution in [0.5, 0.6) is 0 Å².